The van der Waals surface area contributed by atoms with E-state index in [1.807, 2.05) is 58.0 Å². The van der Waals surface area contributed by atoms with Crippen LogP contribution < -0.4 is 5.73 Å². The summed E-state index contributed by atoms with van der Waals surface area (Å²) in [4.78, 5) is 16.6. The van der Waals surface area contributed by atoms with Crippen molar-refractivity contribution >= 4 is 29.3 Å². The molecule has 0 bridgehead atoms. The fraction of sp³-hybridized carbons (Fsp3) is 0.250. The quantitative estimate of drug-likeness (QED) is 0.638. The lowest BCUT2D eigenvalue weighted by molar-refractivity contribution is 0.0996. The summed E-state index contributed by atoms with van der Waals surface area (Å²) < 4.78 is 1.72. The van der Waals surface area contributed by atoms with Gasteiger partial charge in [-0.3, -0.25) is 4.79 Å². The monoisotopic (exact) mass is 400 g/mol. The Morgan fingerprint density at radius 2 is 1.78 bits per heavy atom. The molecule has 0 unspecified atom stereocenters. The minimum absolute atomic E-state index is 0.464. The number of primary amides is 1. The predicted molar refractivity (Wildman–Crippen MR) is 110 cm³/mol. The molecular formula is C20H21ClN4OS. The number of carbonyl (C=O) groups is 1. The third kappa shape index (κ3) is 3.73. The second-order valence-electron chi connectivity index (χ2n) is 6.38. The fourth-order valence-electron chi connectivity index (χ4n) is 2.88. The maximum Gasteiger partial charge on any atom is 0.251 e. The molecule has 3 rings (SSSR count). The van der Waals surface area contributed by atoms with E-state index in [2.05, 4.69) is 10.1 Å². The van der Waals surface area contributed by atoms with Crippen LogP contribution in [-0.2, 0) is 5.75 Å². The van der Waals surface area contributed by atoms with Gasteiger partial charge in [0.05, 0.1) is 16.9 Å². The van der Waals surface area contributed by atoms with Crippen LogP contribution in [0.25, 0.3) is 5.69 Å². The molecule has 0 spiro atoms. The molecule has 27 heavy (non-hydrogen) atoms. The highest BCUT2D eigenvalue weighted by Crippen LogP contribution is 2.33. The van der Waals surface area contributed by atoms with E-state index < -0.39 is 5.91 Å². The molecule has 7 heteroatoms. The van der Waals surface area contributed by atoms with Crippen molar-refractivity contribution < 1.29 is 4.79 Å². The summed E-state index contributed by atoms with van der Waals surface area (Å²) in [5.74, 6) is 0.0839. The van der Waals surface area contributed by atoms with Gasteiger partial charge in [-0.1, -0.05) is 29.8 Å². The van der Waals surface area contributed by atoms with Gasteiger partial charge in [0.1, 0.15) is 10.2 Å². The maximum absolute atomic E-state index is 12.0. The lowest BCUT2D eigenvalue weighted by Crippen LogP contribution is -2.16. The van der Waals surface area contributed by atoms with E-state index in [0.717, 1.165) is 33.8 Å². The van der Waals surface area contributed by atoms with Crippen molar-refractivity contribution in [2.75, 3.05) is 0 Å². The highest BCUT2D eigenvalue weighted by atomic mass is 35.5. The first-order valence-corrected chi connectivity index (χ1v) is 9.87. The fourth-order valence-corrected chi connectivity index (χ4v) is 4.53. The Balaban J connectivity index is 1.95. The highest BCUT2D eigenvalue weighted by Gasteiger charge is 2.20. The Bertz CT molecular complexity index is 1010. The maximum atomic E-state index is 12.0. The number of nitrogens with zero attached hydrogens (tertiary/aromatic N) is 3. The van der Waals surface area contributed by atoms with E-state index in [-0.39, 0.29) is 0 Å². The first-order chi connectivity index (χ1) is 12.8. The van der Waals surface area contributed by atoms with Crippen molar-refractivity contribution in [3.63, 3.8) is 0 Å². The topological polar surface area (TPSA) is 73.8 Å². The zero-order valence-electron chi connectivity index (χ0n) is 15.7. The van der Waals surface area contributed by atoms with E-state index in [0.29, 0.717) is 21.5 Å². The predicted octanol–water partition coefficient (Wildman–Crippen LogP) is 4.55. The molecule has 0 aliphatic carbocycles. The molecule has 0 aliphatic rings. The van der Waals surface area contributed by atoms with E-state index in [1.165, 1.54) is 11.8 Å². The van der Waals surface area contributed by atoms with Gasteiger partial charge in [0.2, 0.25) is 0 Å². The molecule has 3 aromatic rings. The summed E-state index contributed by atoms with van der Waals surface area (Å²) >= 11 is 8.05. The third-order valence-electron chi connectivity index (χ3n) is 4.69. The molecule has 1 amide bonds. The Kier molecular flexibility index (Phi) is 5.58. The number of para-hydroxylation sites is 1. The average molecular weight is 401 g/mol. The van der Waals surface area contributed by atoms with Gasteiger partial charge in [0, 0.05) is 17.0 Å². The Morgan fingerprint density at radius 1 is 1.11 bits per heavy atom. The van der Waals surface area contributed by atoms with Crippen molar-refractivity contribution in [3.8, 4) is 5.69 Å². The molecule has 2 heterocycles. The van der Waals surface area contributed by atoms with Crippen molar-refractivity contribution in [2.45, 2.75) is 38.5 Å². The minimum atomic E-state index is -0.464. The normalized spacial score (nSPS) is 11.0. The average Bonchev–Trinajstić information content (AvgIpc) is 2.92. The molecule has 140 valence electrons. The van der Waals surface area contributed by atoms with Crippen molar-refractivity contribution in [1.29, 1.82) is 0 Å². The van der Waals surface area contributed by atoms with E-state index in [9.17, 15) is 4.79 Å². The number of aryl methyl sites for hydroxylation is 2. The van der Waals surface area contributed by atoms with Crippen LogP contribution >= 0.6 is 23.4 Å². The minimum Gasteiger partial charge on any atom is -0.366 e. The van der Waals surface area contributed by atoms with E-state index in [1.54, 1.807) is 4.68 Å². The van der Waals surface area contributed by atoms with Crippen molar-refractivity contribution in [3.05, 3.63) is 69.1 Å². The lowest BCUT2D eigenvalue weighted by atomic mass is 10.0. The standard InChI is InChI=1S/C20H21ClN4OS/c1-11-12(2)17(19(22)26)20(23-13(11)3)27-10-16-14(4)24-25(18(16)21)15-8-6-5-7-9-15/h5-9H,10H2,1-4H3,(H2,22,26). The van der Waals surface area contributed by atoms with Crippen LogP contribution in [0.4, 0.5) is 0 Å². The highest BCUT2D eigenvalue weighted by molar-refractivity contribution is 7.98. The first kappa shape index (κ1) is 19.5. The number of nitrogens with two attached hydrogens (primary N) is 1. The molecule has 0 fully saturated rings. The molecule has 0 saturated heterocycles. The molecule has 1 aromatic carbocycles. The van der Waals surface area contributed by atoms with E-state index >= 15 is 0 Å². The van der Waals surface area contributed by atoms with Gasteiger partial charge in [-0.15, -0.1) is 11.8 Å². The summed E-state index contributed by atoms with van der Waals surface area (Å²) in [5.41, 5.74) is 11.5. The van der Waals surface area contributed by atoms with Gasteiger partial charge in [0.15, 0.2) is 0 Å². The molecule has 5 nitrogen and oxygen atoms in total. The van der Waals surface area contributed by atoms with Gasteiger partial charge in [-0.25, -0.2) is 9.67 Å². The number of pyridine rings is 1. The Labute approximate surface area is 167 Å². The summed E-state index contributed by atoms with van der Waals surface area (Å²) in [5, 5.41) is 5.75. The zero-order valence-corrected chi connectivity index (χ0v) is 17.3. The van der Waals surface area contributed by atoms with Crippen LogP contribution in [0.1, 0.15) is 38.4 Å². The Hall–Kier alpha value is -2.31. The van der Waals surface area contributed by atoms with Crippen LogP contribution in [0.15, 0.2) is 35.4 Å². The van der Waals surface area contributed by atoms with Crippen LogP contribution in [0, 0.1) is 27.7 Å². The number of amides is 1. The van der Waals surface area contributed by atoms with Gasteiger partial charge in [0.25, 0.3) is 5.91 Å². The second kappa shape index (κ2) is 7.74. The van der Waals surface area contributed by atoms with Gasteiger partial charge in [-0.05, 0) is 51.0 Å². The smallest absolute Gasteiger partial charge is 0.251 e. The third-order valence-corrected chi connectivity index (χ3v) is 6.08. The summed E-state index contributed by atoms with van der Waals surface area (Å²) in [6.45, 7) is 7.71. The number of rotatable bonds is 5. The lowest BCUT2D eigenvalue weighted by Gasteiger charge is -2.13. The summed E-state index contributed by atoms with van der Waals surface area (Å²) in [6, 6.07) is 9.74. The van der Waals surface area contributed by atoms with Gasteiger partial charge >= 0.3 is 0 Å². The molecule has 2 N–H and O–H groups in total. The van der Waals surface area contributed by atoms with Crippen LogP contribution in [0.5, 0.6) is 0 Å². The summed E-state index contributed by atoms with van der Waals surface area (Å²) in [7, 11) is 0. The summed E-state index contributed by atoms with van der Waals surface area (Å²) in [6.07, 6.45) is 0. The number of carbonyl (C=O) groups excluding carboxylic acids is 1. The number of hydrogen-bond acceptors (Lipinski definition) is 4. The number of hydrogen-bond donors (Lipinski definition) is 1. The van der Waals surface area contributed by atoms with Crippen LogP contribution in [0.3, 0.4) is 0 Å². The molecule has 2 aromatic heterocycles. The zero-order chi connectivity index (χ0) is 19.7. The number of benzene rings is 1. The molecule has 0 saturated carbocycles. The number of aromatic nitrogens is 3. The van der Waals surface area contributed by atoms with Crippen LogP contribution in [-0.4, -0.2) is 20.7 Å². The van der Waals surface area contributed by atoms with Gasteiger partial charge in [-0.2, -0.15) is 5.10 Å². The molecule has 0 radical (unpaired) electrons. The first-order valence-electron chi connectivity index (χ1n) is 8.51. The second-order valence-corrected chi connectivity index (χ2v) is 7.70. The largest absolute Gasteiger partial charge is 0.366 e. The SMILES string of the molecule is Cc1nc(SCc2c(C)nn(-c3ccccc3)c2Cl)c(C(N)=O)c(C)c1C. The Morgan fingerprint density at radius 3 is 2.41 bits per heavy atom. The molecule has 0 atom stereocenters. The van der Waals surface area contributed by atoms with Crippen molar-refractivity contribution in [1.82, 2.24) is 14.8 Å². The van der Waals surface area contributed by atoms with E-state index in [4.69, 9.17) is 17.3 Å². The van der Waals surface area contributed by atoms with Crippen LogP contribution in [0.2, 0.25) is 5.15 Å². The number of thioether (sulfide) groups is 1. The molecular weight excluding hydrogens is 380 g/mol. The molecule has 0 aliphatic heterocycles. The van der Waals surface area contributed by atoms with Gasteiger partial charge < -0.3 is 5.73 Å². The number of halogens is 1. The van der Waals surface area contributed by atoms with Crippen molar-refractivity contribution in [2.24, 2.45) is 5.73 Å².